The molecule has 0 aromatic heterocycles. The Balaban J connectivity index is 3.22. The van der Waals surface area contributed by atoms with Crippen molar-refractivity contribution in [1.82, 2.24) is 5.32 Å². The number of ether oxygens (including phenoxy) is 1. The Labute approximate surface area is 81.6 Å². The van der Waals surface area contributed by atoms with Gasteiger partial charge in [-0.05, 0) is 6.42 Å². The minimum atomic E-state index is -0.838. The van der Waals surface area contributed by atoms with Crippen molar-refractivity contribution in [2.45, 2.75) is 12.8 Å². The molecule has 0 spiro atoms. The first-order valence-electron chi connectivity index (χ1n) is 3.91. The largest absolute Gasteiger partial charge is 0.448 e. The maximum Gasteiger partial charge on any atom is 0.404 e. The van der Waals surface area contributed by atoms with Gasteiger partial charge >= 0.3 is 6.09 Å². The molecule has 0 aromatic rings. The molecule has 6 heteroatoms. The summed E-state index contributed by atoms with van der Waals surface area (Å²) < 4.78 is 4.39. The summed E-state index contributed by atoms with van der Waals surface area (Å²) in [5.74, 6) is 0.360. The Bertz CT molecular complexity index is 175. The third-order valence-corrected chi connectivity index (χ3v) is 1.47. The summed E-state index contributed by atoms with van der Waals surface area (Å²) >= 11 is 5.38. The Morgan fingerprint density at radius 2 is 2.15 bits per heavy atom. The van der Waals surface area contributed by atoms with Crippen molar-refractivity contribution in [1.29, 1.82) is 0 Å². The van der Waals surface area contributed by atoms with Gasteiger partial charge in [0.25, 0.3) is 0 Å². The molecule has 76 valence electrons. The molecule has 0 aliphatic rings. The van der Waals surface area contributed by atoms with Gasteiger partial charge in [0.15, 0.2) is 0 Å². The predicted octanol–water partition coefficient (Wildman–Crippen LogP) is 0.217. The van der Waals surface area contributed by atoms with Crippen LogP contribution in [0.15, 0.2) is 0 Å². The molecule has 0 rings (SSSR count). The lowest BCUT2D eigenvalue weighted by atomic mass is 10.3. The maximum atomic E-state index is 10.9. The maximum absolute atomic E-state index is 10.9. The van der Waals surface area contributed by atoms with Crippen LogP contribution in [0.5, 0.6) is 0 Å². The van der Waals surface area contributed by atoms with Gasteiger partial charge < -0.3 is 15.8 Å². The molecule has 5 nitrogen and oxygen atoms in total. The summed E-state index contributed by atoms with van der Waals surface area (Å²) in [7, 11) is 0. The number of hydrogen-bond acceptors (Lipinski definition) is 3. The van der Waals surface area contributed by atoms with Gasteiger partial charge in [-0.2, -0.15) is 0 Å². The summed E-state index contributed by atoms with van der Waals surface area (Å²) in [5, 5.41) is 2.54. The zero-order valence-corrected chi connectivity index (χ0v) is 7.97. The SMILES string of the molecule is NC(=O)OCCNC(=O)CCCCl. The van der Waals surface area contributed by atoms with Crippen molar-refractivity contribution in [3.63, 3.8) is 0 Å². The van der Waals surface area contributed by atoms with Gasteiger partial charge in [0.2, 0.25) is 5.91 Å². The molecule has 0 aliphatic carbocycles. The number of carbonyl (C=O) groups excluding carboxylic acids is 2. The van der Waals surface area contributed by atoms with E-state index in [0.29, 0.717) is 18.7 Å². The van der Waals surface area contributed by atoms with Crippen LogP contribution in [-0.2, 0) is 9.53 Å². The summed E-state index contributed by atoms with van der Waals surface area (Å²) in [6.45, 7) is 0.381. The number of nitrogens with one attached hydrogen (secondary N) is 1. The fourth-order valence-electron chi connectivity index (χ4n) is 0.658. The van der Waals surface area contributed by atoms with E-state index in [0.717, 1.165) is 0 Å². The lowest BCUT2D eigenvalue weighted by molar-refractivity contribution is -0.121. The van der Waals surface area contributed by atoms with Crippen LogP contribution in [0, 0.1) is 0 Å². The lowest BCUT2D eigenvalue weighted by Gasteiger charge is -2.03. The van der Waals surface area contributed by atoms with Crippen molar-refractivity contribution in [2.24, 2.45) is 5.73 Å². The summed E-state index contributed by atoms with van der Waals surface area (Å²) in [5.41, 5.74) is 4.70. The quantitative estimate of drug-likeness (QED) is 0.484. The van der Waals surface area contributed by atoms with E-state index in [1.165, 1.54) is 0 Å². The molecule has 2 amide bonds. The van der Waals surface area contributed by atoms with Crippen molar-refractivity contribution in [3.8, 4) is 0 Å². The average molecular weight is 209 g/mol. The van der Waals surface area contributed by atoms with Gasteiger partial charge in [0.05, 0.1) is 6.54 Å². The molecule has 0 unspecified atom stereocenters. The summed E-state index contributed by atoms with van der Waals surface area (Å²) in [4.78, 5) is 21.0. The van der Waals surface area contributed by atoms with Gasteiger partial charge in [0.1, 0.15) is 6.61 Å². The van der Waals surface area contributed by atoms with Gasteiger partial charge in [-0.3, -0.25) is 4.79 Å². The minimum Gasteiger partial charge on any atom is -0.448 e. The second-order valence-electron chi connectivity index (χ2n) is 2.31. The molecule has 0 atom stereocenters. The molecular formula is C7H13ClN2O3. The Hall–Kier alpha value is -0.970. The topological polar surface area (TPSA) is 81.4 Å². The van der Waals surface area contributed by atoms with Crippen LogP contribution in [-0.4, -0.2) is 31.0 Å². The van der Waals surface area contributed by atoms with Crippen LogP contribution in [0.4, 0.5) is 4.79 Å². The Kier molecular flexibility index (Phi) is 7.10. The first-order chi connectivity index (χ1) is 6.16. The fraction of sp³-hybridized carbons (Fsp3) is 0.714. The highest BCUT2D eigenvalue weighted by atomic mass is 35.5. The van der Waals surface area contributed by atoms with Gasteiger partial charge in [-0.15, -0.1) is 11.6 Å². The van der Waals surface area contributed by atoms with Crippen LogP contribution in [0.3, 0.4) is 0 Å². The number of primary amides is 1. The number of alkyl halides is 1. The molecule has 0 saturated carbocycles. The highest BCUT2D eigenvalue weighted by Crippen LogP contribution is 1.90. The van der Waals surface area contributed by atoms with E-state index >= 15 is 0 Å². The Morgan fingerprint density at radius 3 is 2.69 bits per heavy atom. The second-order valence-corrected chi connectivity index (χ2v) is 2.69. The smallest absolute Gasteiger partial charge is 0.404 e. The zero-order chi connectivity index (χ0) is 10.1. The normalized spacial score (nSPS) is 9.31. The average Bonchev–Trinajstić information content (AvgIpc) is 2.08. The number of hydrogen-bond donors (Lipinski definition) is 2. The third-order valence-electron chi connectivity index (χ3n) is 1.21. The van der Waals surface area contributed by atoms with E-state index in [4.69, 9.17) is 17.3 Å². The lowest BCUT2D eigenvalue weighted by Crippen LogP contribution is -2.28. The highest BCUT2D eigenvalue weighted by Gasteiger charge is 1.99. The predicted molar refractivity (Wildman–Crippen MR) is 48.5 cm³/mol. The first-order valence-corrected chi connectivity index (χ1v) is 4.45. The molecule has 0 radical (unpaired) electrons. The number of nitrogens with two attached hydrogens (primary N) is 1. The minimum absolute atomic E-state index is 0.0992. The fourth-order valence-corrected chi connectivity index (χ4v) is 0.791. The van der Waals surface area contributed by atoms with Gasteiger partial charge in [-0.25, -0.2) is 4.79 Å². The molecule has 0 heterocycles. The van der Waals surface area contributed by atoms with Crippen molar-refractivity contribution in [2.75, 3.05) is 19.0 Å². The van der Waals surface area contributed by atoms with E-state index in [1.54, 1.807) is 0 Å². The first kappa shape index (κ1) is 12.0. The summed E-state index contributed by atoms with van der Waals surface area (Å²) in [6.07, 6.45) is 0.194. The second kappa shape index (κ2) is 7.67. The van der Waals surface area contributed by atoms with Crippen LogP contribution < -0.4 is 11.1 Å². The van der Waals surface area contributed by atoms with Crippen LogP contribution in [0.1, 0.15) is 12.8 Å². The molecule has 0 fully saturated rings. The highest BCUT2D eigenvalue weighted by molar-refractivity contribution is 6.17. The Morgan fingerprint density at radius 1 is 1.46 bits per heavy atom. The molecule has 0 aromatic carbocycles. The molecule has 0 bridgehead atoms. The van der Waals surface area contributed by atoms with Crippen molar-refractivity contribution in [3.05, 3.63) is 0 Å². The molecule has 0 saturated heterocycles. The molecule has 0 aliphatic heterocycles. The van der Waals surface area contributed by atoms with Crippen LogP contribution >= 0.6 is 11.6 Å². The number of carbonyl (C=O) groups is 2. The van der Waals surface area contributed by atoms with E-state index in [-0.39, 0.29) is 19.1 Å². The monoisotopic (exact) mass is 208 g/mol. The third kappa shape index (κ3) is 8.94. The summed E-state index contributed by atoms with van der Waals surface area (Å²) in [6, 6.07) is 0. The van der Waals surface area contributed by atoms with E-state index in [9.17, 15) is 9.59 Å². The number of amides is 2. The molecule has 3 N–H and O–H groups in total. The standard InChI is InChI=1S/C7H13ClN2O3/c8-3-1-2-6(11)10-4-5-13-7(9)12/h1-5H2,(H2,9,12)(H,10,11). The van der Waals surface area contributed by atoms with E-state index < -0.39 is 6.09 Å². The van der Waals surface area contributed by atoms with E-state index in [2.05, 4.69) is 10.1 Å². The van der Waals surface area contributed by atoms with Crippen LogP contribution in [0.2, 0.25) is 0 Å². The number of rotatable bonds is 6. The van der Waals surface area contributed by atoms with Gasteiger partial charge in [0, 0.05) is 12.3 Å². The van der Waals surface area contributed by atoms with Crippen LogP contribution in [0.25, 0.3) is 0 Å². The molecular weight excluding hydrogens is 196 g/mol. The van der Waals surface area contributed by atoms with Crippen molar-refractivity contribution < 1.29 is 14.3 Å². The zero-order valence-electron chi connectivity index (χ0n) is 7.22. The van der Waals surface area contributed by atoms with Gasteiger partial charge in [-0.1, -0.05) is 0 Å². The molecule has 13 heavy (non-hydrogen) atoms. The van der Waals surface area contributed by atoms with E-state index in [1.807, 2.05) is 0 Å². The number of halogens is 1. The van der Waals surface area contributed by atoms with Crippen molar-refractivity contribution >= 4 is 23.6 Å².